The quantitative estimate of drug-likeness (QED) is 0.443. The lowest BCUT2D eigenvalue weighted by Gasteiger charge is -2.42. The fraction of sp³-hybridized carbons (Fsp3) is 1.00. The molecule has 2 atom stereocenters. The van der Waals surface area contributed by atoms with Crippen molar-refractivity contribution in [3.05, 3.63) is 0 Å². The van der Waals surface area contributed by atoms with Gasteiger partial charge in [0.15, 0.2) is 0 Å². The summed E-state index contributed by atoms with van der Waals surface area (Å²) in [7, 11) is 6.52. The number of rotatable bonds is 2. The molecule has 0 radical (unpaired) electrons. The predicted octanol–water partition coefficient (Wildman–Crippen LogP) is -1.72. The first-order valence-corrected chi connectivity index (χ1v) is 5.30. The van der Waals surface area contributed by atoms with Crippen LogP contribution in [0.15, 0.2) is 0 Å². The molecule has 0 spiro atoms. The molecule has 1 aliphatic heterocycles. The molecule has 0 amide bonds. The lowest BCUT2D eigenvalue weighted by Crippen LogP contribution is -3.00. The minimum absolute atomic E-state index is 0. The van der Waals surface area contributed by atoms with Gasteiger partial charge in [-0.15, -0.1) is 0 Å². The van der Waals surface area contributed by atoms with Crippen molar-refractivity contribution >= 4 is 0 Å². The molecule has 1 fully saturated rings. The Kier molecular flexibility index (Phi) is 5.51. The van der Waals surface area contributed by atoms with Crippen molar-refractivity contribution in [2.24, 2.45) is 0 Å². The third-order valence-electron chi connectivity index (χ3n) is 2.73. The van der Waals surface area contributed by atoms with E-state index < -0.39 is 0 Å². The summed E-state index contributed by atoms with van der Waals surface area (Å²) in [4.78, 5) is 0. The smallest absolute Gasteiger partial charge is 0.130 e. The molecule has 0 aliphatic carbocycles. The summed E-state index contributed by atoms with van der Waals surface area (Å²) in [5, 5.41) is 0. The molecule has 0 unspecified atom stereocenters. The summed E-state index contributed by atoms with van der Waals surface area (Å²) >= 11 is 0. The van der Waals surface area contributed by atoms with E-state index in [1.165, 1.54) is 0 Å². The molecule has 3 nitrogen and oxygen atoms in total. The fourth-order valence-corrected chi connectivity index (χ4v) is 1.71. The molecule has 1 heterocycles. The molecule has 1 aliphatic rings. The third kappa shape index (κ3) is 4.97. The Hall–Kier alpha value is 0.610. The van der Waals surface area contributed by atoms with Gasteiger partial charge in [-0.05, 0) is 20.8 Å². The highest BCUT2D eigenvalue weighted by atomic mass is 127. The van der Waals surface area contributed by atoms with Crippen molar-refractivity contribution < 1.29 is 37.9 Å². The van der Waals surface area contributed by atoms with Crippen LogP contribution in [0.1, 0.15) is 20.8 Å². The standard InChI is InChI=1S/C11H24NO2.HI/c1-9-11(2,3)14-10(8-13-9)7-12(4,5)6;/h9-10H,7-8H2,1-6H3;1H/q+1;/p-1/t9-,10+;/m0./s1. The maximum absolute atomic E-state index is 6.02. The van der Waals surface area contributed by atoms with Crippen molar-refractivity contribution in [2.45, 2.75) is 38.6 Å². The van der Waals surface area contributed by atoms with E-state index in [4.69, 9.17) is 9.47 Å². The maximum Gasteiger partial charge on any atom is 0.130 e. The monoisotopic (exact) mass is 329 g/mol. The minimum atomic E-state index is -0.155. The number of halogens is 1. The van der Waals surface area contributed by atoms with Crippen LogP contribution in [-0.2, 0) is 9.47 Å². The van der Waals surface area contributed by atoms with Gasteiger partial charge in [0, 0.05) is 0 Å². The molecule has 4 heteroatoms. The molecule has 0 aromatic rings. The molecule has 0 aromatic carbocycles. The normalized spacial score (nSPS) is 30.8. The van der Waals surface area contributed by atoms with E-state index in [1.54, 1.807) is 0 Å². The van der Waals surface area contributed by atoms with Crippen LogP contribution in [0, 0.1) is 0 Å². The van der Waals surface area contributed by atoms with Gasteiger partial charge < -0.3 is 37.9 Å². The van der Waals surface area contributed by atoms with E-state index in [0.717, 1.165) is 17.6 Å². The van der Waals surface area contributed by atoms with Gasteiger partial charge in [0.1, 0.15) is 12.6 Å². The van der Waals surface area contributed by atoms with E-state index in [2.05, 4.69) is 41.9 Å². The van der Waals surface area contributed by atoms with Crippen LogP contribution in [-0.4, -0.2) is 56.6 Å². The van der Waals surface area contributed by atoms with Gasteiger partial charge in [-0.1, -0.05) is 0 Å². The highest BCUT2D eigenvalue weighted by molar-refractivity contribution is 4.82. The van der Waals surface area contributed by atoms with Crippen LogP contribution in [0.2, 0.25) is 0 Å². The van der Waals surface area contributed by atoms with Crippen molar-refractivity contribution in [1.82, 2.24) is 0 Å². The molecule has 1 saturated heterocycles. The van der Waals surface area contributed by atoms with Crippen LogP contribution in [0.3, 0.4) is 0 Å². The SMILES string of the molecule is C[C@@H]1OC[C@@H](C[N+](C)(C)C)OC1(C)C.[I-]. The second-order valence-electron chi connectivity index (χ2n) is 5.79. The molecule has 1 rings (SSSR count). The van der Waals surface area contributed by atoms with Gasteiger partial charge in [-0.2, -0.15) is 0 Å². The van der Waals surface area contributed by atoms with Crippen LogP contribution >= 0.6 is 0 Å². The predicted molar refractivity (Wildman–Crippen MR) is 57.3 cm³/mol. The van der Waals surface area contributed by atoms with Crippen molar-refractivity contribution in [3.63, 3.8) is 0 Å². The highest BCUT2D eigenvalue weighted by Gasteiger charge is 2.37. The number of quaternary nitrogens is 1. The highest BCUT2D eigenvalue weighted by Crippen LogP contribution is 2.25. The van der Waals surface area contributed by atoms with Crippen LogP contribution < -0.4 is 24.0 Å². The van der Waals surface area contributed by atoms with Gasteiger partial charge >= 0.3 is 0 Å². The summed E-state index contributed by atoms with van der Waals surface area (Å²) in [6, 6.07) is 0. The molecule has 92 valence electrons. The van der Waals surface area contributed by atoms with Gasteiger partial charge in [0.2, 0.25) is 0 Å². The summed E-state index contributed by atoms with van der Waals surface area (Å²) in [6.45, 7) is 7.98. The topological polar surface area (TPSA) is 18.5 Å². The zero-order chi connectivity index (χ0) is 11.0. The lowest BCUT2D eigenvalue weighted by atomic mass is 10.0. The van der Waals surface area contributed by atoms with E-state index >= 15 is 0 Å². The Morgan fingerprint density at radius 1 is 1.27 bits per heavy atom. The van der Waals surface area contributed by atoms with Crippen LogP contribution in [0.25, 0.3) is 0 Å². The third-order valence-corrected chi connectivity index (χ3v) is 2.73. The first-order valence-electron chi connectivity index (χ1n) is 5.30. The molecule has 0 N–H and O–H groups in total. The van der Waals surface area contributed by atoms with Crippen LogP contribution in [0.5, 0.6) is 0 Å². The molecule has 0 saturated carbocycles. The summed E-state index contributed by atoms with van der Waals surface area (Å²) < 4.78 is 12.7. The lowest BCUT2D eigenvalue weighted by molar-refractivity contribution is -0.874. The zero-order valence-electron chi connectivity index (χ0n) is 10.7. The van der Waals surface area contributed by atoms with E-state index in [0.29, 0.717) is 0 Å². The Labute approximate surface area is 111 Å². The maximum atomic E-state index is 6.02. The summed E-state index contributed by atoms with van der Waals surface area (Å²) in [5.41, 5.74) is -0.155. The number of hydrogen-bond donors (Lipinski definition) is 0. The van der Waals surface area contributed by atoms with Crippen molar-refractivity contribution in [3.8, 4) is 0 Å². The van der Waals surface area contributed by atoms with Gasteiger partial charge in [-0.3, -0.25) is 0 Å². The first kappa shape index (κ1) is 15.6. The summed E-state index contributed by atoms with van der Waals surface area (Å²) in [6.07, 6.45) is 0.410. The average Bonchev–Trinajstić information content (AvgIpc) is 1.93. The van der Waals surface area contributed by atoms with E-state index in [-0.39, 0.29) is 41.8 Å². The Morgan fingerprint density at radius 3 is 2.20 bits per heavy atom. The zero-order valence-corrected chi connectivity index (χ0v) is 12.9. The Morgan fingerprint density at radius 2 is 1.80 bits per heavy atom. The molecular formula is C11H24INO2. The van der Waals surface area contributed by atoms with Gasteiger partial charge in [0.05, 0.1) is 39.5 Å². The van der Waals surface area contributed by atoms with Gasteiger partial charge in [0.25, 0.3) is 0 Å². The second kappa shape index (κ2) is 5.29. The second-order valence-corrected chi connectivity index (χ2v) is 5.79. The van der Waals surface area contributed by atoms with E-state index in [9.17, 15) is 0 Å². The number of ether oxygens (including phenoxy) is 2. The number of hydrogen-bond acceptors (Lipinski definition) is 2. The largest absolute Gasteiger partial charge is 1.00 e. The Bertz CT molecular complexity index is 201. The van der Waals surface area contributed by atoms with Crippen molar-refractivity contribution in [1.29, 1.82) is 0 Å². The first-order chi connectivity index (χ1) is 6.21. The average molecular weight is 329 g/mol. The Balaban J connectivity index is 0.00000196. The number of nitrogens with zero attached hydrogens (tertiary/aromatic N) is 1. The fourth-order valence-electron chi connectivity index (χ4n) is 1.71. The van der Waals surface area contributed by atoms with Crippen LogP contribution in [0.4, 0.5) is 0 Å². The van der Waals surface area contributed by atoms with Gasteiger partial charge in [-0.25, -0.2) is 0 Å². The van der Waals surface area contributed by atoms with E-state index in [1.807, 2.05) is 0 Å². The molecular weight excluding hydrogens is 305 g/mol. The van der Waals surface area contributed by atoms with Crippen molar-refractivity contribution in [2.75, 3.05) is 34.3 Å². The summed E-state index contributed by atoms with van der Waals surface area (Å²) in [5.74, 6) is 0. The molecule has 0 aromatic heterocycles. The number of likely N-dealkylation sites (N-methyl/N-ethyl adjacent to an activating group) is 1. The minimum Gasteiger partial charge on any atom is -1.00 e. The molecule has 0 bridgehead atoms. The molecule has 15 heavy (non-hydrogen) atoms.